The van der Waals surface area contributed by atoms with E-state index in [1.807, 2.05) is 0 Å². The summed E-state index contributed by atoms with van der Waals surface area (Å²) in [5.74, 6) is -2.37. The Morgan fingerprint density at radius 1 is 1.15 bits per heavy atom. The minimum Gasteiger partial charge on any atom is -0.480 e. The fourth-order valence-corrected chi connectivity index (χ4v) is 2.94. The number of urea groups is 1. The van der Waals surface area contributed by atoms with Crippen molar-refractivity contribution in [3.05, 3.63) is 59.9 Å². The molecule has 0 unspecified atom stereocenters. The van der Waals surface area contributed by atoms with E-state index in [-0.39, 0.29) is 6.42 Å². The third-order valence-electron chi connectivity index (χ3n) is 4.14. The summed E-state index contributed by atoms with van der Waals surface area (Å²) in [5.41, 5.74) is 5.65. The van der Waals surface area contributed by atoms with Gasteiger partial charge in [0.25, 0.3) is 0 Å². The van der Waals surface area contributed by atoms with Gasteiger partial charge in [0.1, 0.15) is 23.4 Å². The highest BCUT2D eigenvalue weighted by atomic mass is 19.1. The number of carboxylic acids is 1. The van der Waals surface area contributed by atoms with Crippen LogP contribution in [-0.2, 0) is 9.59 Å². The number of rotatable bonds is 4. The number of benzene rings is 2. The maximum absolute atomic E-state index is 13.0. The van der Waals surface area contributed by atoms with Gasteiger partial charge >= 0.3 is 12.0 Å². The summed E-state index contributed by atoms with van der Waals surface area (Å²) in [6.45, 7) is 0. The van der Waals surface area contributed by atoms with E-state index >= 15 is 0 Å². The first kappa shape index (κ1) is 17.4. The quantitative estimate of drug-likeness (QED) is 0.872. The van der Waals surface area contributed by atoms with Crippen molar-refractivity contribution >= 4 is 17.9 Å². The molecule has 8 heteroatoms. The molecule has 3 N–H and O–H groups in total. The highest BCUT2D eigenvalue weighted by Gasteiger charge is 2.46. The van der Waals surface area contributed by atoms with E-state index in [0.717, 1.165) is 0 Å². The Morgan fingerprint density at radius 3 is 2.42 bits per heavy atom. The van der Waals surface area contributed by atoms with Gasteiger partial charge in [-0.25, -0.2) is 18.9 Å². The van der Waals surface area contributed by atoms with Crippen LogP contribution in [-0.4, -0.2) is 34.0 Å². The molecular weight excluding hydrogens is 343 g/mol. The molecule has 0 saturated carbocycles. The number of carbonyl (C=O) groups is 3. The number of nitrogens with two attached hydrogens (primary N) is 1. The molecule has 1 aliphatic heterocycles. The maximum Gasteiger partial charge on any atom is 0.327 e. The Balaban J connectivity index is 1.85. The monoisotopic (exact) mass is 358 g/mol. The van der Waals surface area contributed by atoms with E-state index in [2.05, 4.69) is 0 Å². The van der Waals surface area contributed by atoms with Crippen molar-refractivity contribution in [1.29, 1.82) is 0 Å². The van der Waals surface area contributed by atoms with Crippen LogP contribution in [0.5, 0.6) is 11.5 Å². The molecular formula is C18H15FN2O5. The first-order valence-corrected chi connectivity index (χ1v) is 7.75. The molecule has 2 atom stereocenters. The second-order valence-corrected chi connectivity index (χ2v) is 5.82. The SMILES string of the molecule is NC(=O)N1C(=O)[C@H](c2cccc(Oc3ccc(F)cc3)c2)C[C@@H]1C(=O)O. The molecule has 1 fully saturated rings. The Bertz CT molecular complexity index is 868. The molecule has 0 radical (unpaired) electrons. The van der Waals surface area contributed by atoms with Crippen LogP contribution in [0.4, 0.5) is 9.18 Å². The second kappa shape index (κ2) is 6.83. The van der Waals surface area contributed by atoms with Crippen molar-refractivity contribution in [3.8, 4) is 11.5 Å². The van der Waals surface area contributed by atoms with Crippen molar-refractivity contribution in [3.63, 3.8) is 0 Å². The fourth-order valence-electron chi connectivity index (χ4n) is 2.94. The number of hydrogen-bond donors (Lipinski definition) is 2. The molecule has 1 heterocycles. The normalized spacial score (nSPS) is 19.4. The maximum atomic E-state index is 13.0. The van der Waals surface area contributed by atoms with Gasteiger partial charge < -0.3 is 15.6 Å². The number of hydrogen-bond acceptors (Lipinski definition) is 4. The number of nitrogens with zero attached hydrogens (tertiary/aromatic N) is 1. The van der Waals surface area contributed by atoms with Crippen LogP contribution in [0.25, 0.3) is 0 Å². The molecule has 1 aliphatic rings. The van der Waals surface area contributed by atoms with E-state index in [1.165, 1.54) is 24.3 Å². The minimum atomic E-state index is -1.30. The lowest BCUT2D eigenvalue weighted by Gasteiger charge is -2.16. The zero-order chi connectivity index (χ0) is 18.8. The van der Waals surface area contributed by atoms with E-state index in [0.29, 0.717) is 22.0 Å². The number of imide groups is 1. The zero-order valence-electron chi connectivity index (χ0n) is 13.5. The largest absolute Gasteiger partial charge is 0.480 e. The van der Waals surface area contributed by atoms with Crippen LogP contribution in [0.3, 0.4) is 0 Å². The van der Waals surface area contributed by atoms with Crippen molar-refractivity contribution in [1.82, 2.24) is 4.90 Å². The lowest BCUT2D eigenvalue weighted by molar-refractivity contribution is -0.144. The van der Waals surface area contributed by atoms with Gasteiger partial charge in [0.2, 0.25) is 5.91 Å². The Labute approximate surface area is 147 Å². The average molecular weight is 358 g/mol. The molecule has 3 amide bonds. The fraction of sp³-hybridized carbons (Fsp3) is 0.167. The van der Waals surface area contributed by atoms with Gasteiger partial charge in [-0.2, -0.15) is 0 Å². The lowest BCUT2D eigenvalue weighted by atomic mass is 9.95. The molecule has 0 spiro atoms. The highest BCUT2D eigenvalue weighted by molar-refractivity contribution is 6.03. The topological polar surface area (TPSA) is 110 Å². The van der Waals surface area contributed by atoms with E-state index in [1.54, 1.807) is 24.3 Å². The summed E-state index contributed by atoms with van der Waals surface area (Å²) >= 11 is 0. The second-order valence-electron chi connectivity index (χ2n) is 5.82. The Kier molecular flexibility index (Phi) is 4.57. The molecule has 0 aromatic heterocycles. The minimum absolute atomic E-state index is 0.0723. The number of halogens is 1. The van der Waals surface area contributed by atoms with E-state index in [4.69, 9.17) is 10.5 Å². The summed E-state index contributed by atoms with van der Waals surface area (Å²) < 4.78 is 18.6. The number of carbonyl (C=O) groups excluding carboxylic acids is 2. The molecule has 1 saturated heterocycles. The van der Waals surface area contributed by atoms with Gasteiger partial charge in [0.15, 0.2) is 0 Å². The van der Waals surface area contributed by atoms with Crippen LogP contribution < -0.4 is 10.5 Å². The van der Waals surface area contributed by atoms with Gasteiger partial charge in [-0.15, -0.1) is 0 Å². The molecule has 0 bridgehead atoms. The smallest absolute Gasteiger partial charge is 0.327 e. The van der Waals surface area contributed by atoms with Gasteiger partial charge in [-0.3, -0.25) is 4.79 Å². The third kappa shape index (κ3) is 3.34. The van der Waals surface area contributed by atoms with Crippen LogP contribution >= 0.6 is 0 Å². The van der Waals surface area contributed by atoms with Crippen molar-refractivity contribution in [2.45, 2.75) is 18.4 Å². The number of aliphatic carboxylic acids is 1. The van der Waals surface area contributed by atoms with Crippen molar-refractivity contribution in [2.75, 3.05) is 0 Å². The molecule has 26 heavy (non-hydrogen) atoms. The summed E-state index contributed by atoms with van der Waals surface area (Å²) in [5, 5.41) is 9.23. The van der Waals surface area contributed by atoms with Gasteiger partial charge in [-0.05, 0) is 48.4 Å². The van der Waals surface area contributed by atoms with E-state index < -0.39 is 35.7 Å². The molecule has 2 aromatic rings. The predicted molar refractivity (Wildman–Crippen MR) is 88.1 cm³/mol. The predicted octanol–water partition coefficient (Wildman–Crippen LogP) is 2.47. The Hall–Kier alpha value is -3.42. The third-order valence-corrected chi connectivity index (χ3v) is 4.14. The Morgan fingerprint density at radius 2 is 1.85 bits per heavy atom. The van der Waals surface area contributed by atoms with Gasteiger partial charge in [-0.1, -0.05) is 12.1 Å². The van der Waals surface area contributed by atoms with Crippen molar-refractivity contribution in [2.24, 2.45) is 5.73 Å². The first-order valence-electron chi connectivity index (χ1n) is 7.75. The summed E-state index contributed by atoms with van der Waals surface area (Å²) in [6.07, 6.45) is -0.0723. The lowest BCUT2D eigenvalue weighted by Crippen LogP contribution is -2.46. The standard InChI is InChI=1S/C18H15FN2O5/c19-11-4-6-12(7-5-11)26-13-3-1-2-10(8-13)14-9-15(17(23)24)21(16(14)22)18(20)25/h1-8,14-15H,9H2,(H2,20,25)(H,23,24)/t14-,15+/m0/s1. The van der Waals surface area contributed by atoms with Crippen molar-refractivity contribution < 1.29 is 28.6 Å². The average Bonchev–Trinajstić information content (AvgIpc) is 2.95. The number of ether oxygens (including phenoxy) is 1. The van der Waals surface area contributed by atoms with E-state index in [9.17, 15) is 23.9 Å². The van der Waals surface area contributed by atoms with Crippen LogP contribution in [0.2, 0.25) is 0 Å². The van der Waals surface area contributed by atoms with Crippen LogP contribution in [0.1, 0.15) is 17.9 Å². The molecule has 134 valence electrons. The number of amides is 3. The summed E-state index contributed by atoms with van der Waals surface area (Å²) in [6, 6.07) is 9.53. The summed E-state index contributed by atoms with van der Waals surface area (Å²) in [7, 11) is 0. The number of likely N-dealkylation sites (tertiary alicyclic amines) is 1. The molecule has 2 aromatic carbocycles. The van der Waals surface area contributed by atoms with Crippen LogP contribution in [0.15, 0.2) is 48.5 Å². The van der Waals surface area contributed by atoms with Gasteiger partial charge in [0, 0.05) is 0 Å². The summed E-state index contributed by atoms with van der Waals surface area (Å²) in [4.78, 5) is 35.8. The molecule has 7 nitrogen and oxygen atoms in total. The van der Waals surface area contributed by atoms with Crippen LogP contribution in [0, 0.1) is 5.82 Å². The zero-order valence-corrected chi connectivity index (χ0v) is 13.5. The molecule has 0 aliphatic carbocycles. The van der Waals surface area contributed by atoms with Gasteiger partial charge in [0.05, 0.1) is 5.92 Å². The number of primary amides is 1. The highest BCUT2D eigenvalue weighted by Crippen LogP contribution is 2.35. The first-order chi connectivity index (χ1) is 12.4. The number of carboxylic acid groups (broad SMARTS) is 1. The molecule has 3 rings (SSSR count).